The molecule has 1 rings (SSSR count). The molecule has 0 bridgehead atoms. The fourth-order valence-electron chi connectivity index (χ4n) is 0.770. The summed E-state index contributed by atoms with van der Waals surface area (Å²) in [7, 11) is 0. The van der Waals surface area contributed by atoms with Gasteiger partial charge in [0, 0.05) is 25.1 Å². The number of rotatable bonds is 4. The fourth-order valence-corrected chi connectivity index (χ4v) is 0.770. The largest absolute Gasteiger partial charge is 0.472 e. The summed E-state index contributed by atoms with van der Waals surface area (Å²) in [5.74, 6) is 0. The van der Waals surface area contributed by atoms with Gasteiger partial charge in [0.2, 0.25) is 0 Å². The van der Waals surface area contributed by atoms with E-state index in [1.807, 2.05) is 6.07 Å². The van der Waals surface area contributed by atoms with Crippen molar-refractivity contribution < 1.29 is 4.42 Å². The Balaban J connectivity index is 2.10. The van der Waals surface area contributed by atoms with Gasteiger partial charge in [-0.3, -0.25) is 0 Å². The van der Waals surface area contributed by atoms with E-state index in [1.54, 1.807) is 12.5 Å². The maximum absolute atomic E-state index is 8.21. The van der Waals surface area contributed by atoms with Crippen LogP contribution in [0.2, 0.25) is 0 Å². The highest BCUT2D eigenvalue weighted by molar-refractivity contribution is 5.04. The van der Waals surface area contributed by atoms with E-state index in [9.17, 15) is 0 Å². The molecule has 3 heteroatoms. The van der Waals surface area contributed by atoms with Crippen molar-refractivity contribution in [3.05, 3.63) is 24.2 Å². The minimum absolute atomic E-state index is 0.553. The number of nitrogens with one attached hydrogen (secondary N) is 1. The molecule has 1 aromatic rings. The first kappa shape index (κ1) is 7.83. The van der Waals surface area contributed by atoms with Gasteiger partial charge in [-0.25, -0.2) is 0 Å². The predicted octanol–water partition coefficient (Wildman–Crippen LogP) is 1.28. The zero-order chi connectivity index (χ0) is 7.94. The Kier molecular flexibility index (Phi) is 3.23. The summed E-state index contributed by atoms with van der Waals surface area (Å²) in [6, 6.07) is 3.96. The first-order valence-electron chi connectivity index (χ1n) is 3.52. The standard InChI is InChI=1S/C8H10N2O/c9-3-1-4-10-6-8-2-5-11-7-8/h2,5,7,10H,1,4,6H2. The van der Waals surface area contributed by atoms with Gasteiger partial charge in [-0.15, -0.1) is 0 Å². The van der Waals surface area contributed by atoms with Crippen molar-refractivity contribution in [2.45, 2.75) is 13.0 Å². The molecular weight excluding hydrogens is 140 g/mol. The van der Waals surface area contributed by atoms with Gasteiger partial charge in [-0.1, -0.05) is 0 Å². The second-order valence-electron chi connectivity index (χ2n) is 2.22. The number of hydrogen-bond acceptors (Lipinski definition) is 3. The molecule has 0 aliphatic heterocycles. The highest BCUT2D eigenvalue weighted by Gasteiger charge is 1.91. The van der Waals surface area contributed by atoms with E-state index in [4.69, 9.17) is 9.68 Å². The Morgan fingerprint density at radius 3 is 3.18 bits per heavy atom. The van der Waals surface area contributed by atoms with Crippen LogP contribution < -0.4 is 5.32 Å². The van der Waals surface area contributed by atoms with Crippen LogP contribution in [0.15, 0.2) is 23.0 Å². The van der Waals surface area contributed by atoms with Crippen LogP contribution in [0.4, 0.5) is 0 Å². The van der Waals surface area contributed by atoms with Crippen LogP contribution in [0.1, 0.15) is 12.0 Å². The van der Waals surface area contributed by atoms with Crippen molar-refractivity contribution >= 4 is 0 Å². The lowest BCUT2D eigenvalue weighted by Gasteiger charge is -1.96. The summed E-state index contributed by atoms with van der Waals surface area (Å²) in [5, 5.41) is 11.3. The van der Waals surface area contributed by atoms with E-state index in [0.717, 1.165) is 18.7 Å². The summed E-state index contributed by atoms with van der Waals surface area (Å²) in [4.78, 5) is 0. The summed E-state index contributed by atoms with van der Waals surface area (Å²) < 4.78 is 4.87. The Hall–Kier alpha value is -1.27. The molecule has 0 aromatic carbocycles. The van der Waals surface area contributed by atoms with Crippen molar-refractivity contribution in [2.75, 3.05) is 6.54 Å². The molecule has 58 valence electrons. The Morgan fingerprint density at radius 1 is 1.64 bits per heavy atom. The molecule has 0 atom stereocenters. The molecule has 1 aromatic heterocycles. The van der Waals surface area contributed by atoms with Crippen LogP contribution >= 0.6 is 0 Å². The van der Waals surface area contributed by atoms with E-state index in [1.165, 1.54) is 0 Å². The number of nitrogens with zero attached hydrogens (tertiary/aromatic N) is 1. The third-order valence-corrected chi connectivity index (χ3v) is 1.32. The van der Waals surface area contributed by atoms with Crippen LogP contribution in [-0.4, -0.2) is 6.54 Å². The second-order valence-corrected chi connectivity index (χ2v) is 2.22. The topological polar surface area (TPSA) is 49.0 Å². The summed E-state index contributed by atoms with van der Waals surface area (Å²) >= 11 is 0. The lowest BCUT2D eigenvalue weighted by molar-refractivity contribution is 0.560. The molecule has 0 saturated heterocycles. The SMILES string of the molecule is N#CCCNCc1ccoc1. The van der Waals surface area contributed by atoms with Crippen LogP contribution in [0, 0.1) is 11.3 Å². The molecule has 11 heavy (non-hydrogen) atoms. The number of nitriles is 1. The van der Waals surface area contributed by atoms with Gasteiger partial charge in [0.25, 0.3) is 0 Å². The highest BCUT2D eigenvalue weighted by atomic mass is 16.3. The van der Waals surface area contributed by atoms with E-state index in [0.29, 0.717) is 6.42 Å². The Morgan fingerprint density at radius 2 is 2.55 bits per heavy atom. The van der Waals surface area contributed by atoms with Crippen LogP contribution in [0.3, 0.4) is 0 Å². The monoisotopic (exact) mass is 150 g/mol. The van der Waals surface area contributed by atoms with Crippen LogP contribution in [0.25, 0.3) is 0 Å². The predicted molar refractivity (Wildman–Crippen MR) is 40.6 cm³/mol. The average Bonchev–Trinajstić information content (AvgIpc) is 2.50. The van der Waals surface area contributed by atoms with Crippen molar-refractivity contribution in [1.29, 1.82) is 5.26 Å². The zero-order valence-electron chi connectivity index (χ0n) is 6.21. The van der Waals surface area contributed by atoms with Gasteiger partial charge in [-0.2, -0.15) is 5.26 Å². The molecule has 3 nitrogen and oxygen atoms in total. The Labute approximate surface area is 65.6 Å². The molecule has 0 fully saturated rings. The lowest BCUT2D eigenvalue weighted by atomic mass is 10.3. The number of hydrogen-bond donors (Lipinski definition) is 1. The minimum Gasteiger partial charge on any atom is -0.472 e. The molecule has 0 radical (unpaired) electrons. The van der Waals surface area contributed by atoms with Gasteiger partial charge in [-0.05, 0) is 6.07 Å². The summed E-state index contributed by atoms with van der Waals surface area (Å²) in [5.41, 5.74) is 1.11. The molecule has 0 aliphatic carbocycles. The minimum atomic E-state index is 0.553. The Bertz CT molecular complexity index is 223. The van der Waals surface area contributed by atoms with Crippen LogP contribution in [-0.2, 0) is 6.54 Å². The normalized spacial score (nSPS) is 9.36. The van der Waals surface area contributed by atoms with Crippen molar-refractivity contribution in [2.24, 2.45) is 0 Å². The van der Waals surface area contributed by atoms with Gasteiger partial charge >= 0.3 is 0 Å². The third kappa shape index (κ3) is 2.87. The molecular formula is C8H10N2O. The first-order chi connectivity index (χ1) is 5.43. The summed E-state index contributed by atoms with van der Waals surface area (Å²) in [6.07, 6.45) is 3.89. The average molecular weight is 150 g/mol. The van der Waals surface area contributed by atoms with Crippen molar-refractivity contribution in [1.82, 2.24) is 5.32 Å². The molecule has 0 spiro atoms. The van der Waals surface area contributed by atoms with Crippen LogP contribution in [0.5, 0.6) is 0 Å². The summed E-state index contributed by atoms with van der Waals surface area (Å²) in [6.45, 7) is 1.51. The zero-order valence-corrected chi connectivity index (χ0v) is 6.21. The van der Waals surface area contributed by atoms with Crippen molar-refractivity contribution in [3.63, 3.8) is 0 Å². The van der Waals surface area contributed by atoms with Gasteiger partial charge in [0.05, 0.1) is 18.6 Å². The smallest absolute Gasteiger partial charge is 0.0947 e. The van der Waals surface area contributed by atoms with E-state index >= 15 is 0 Å². The molecule has 0 amide bonds. The molecule has 1 heterocycles. The van der Waals surface area contributed by atoms with E-state index < -0.39 is 0 Å². The highest BCUT2D eigenvalue weighted by Crippen LogP contribution is 1.97. The van der Waals surface area contributed by atoms with Gasteiger partial charge < -0.3 is 9.73 Å². The van der Waals surface area contributed by atoms with Crippen molar-refractivity contribution in [3.8, 4) is 6.07 Å². The number of furan rings is 1. The molecule has 0 aliphatic rings. The quantitative estimate of drug-likeness (QED) is 0.658. The van der Waals surface area contributed by atoms with Gasteiger partial charge in [0.1, 0.15) is 0 Å². The van der Waals surface area contributed by atoms with Gasteiger partial charge in [0.15, 0.2) is 0 Å². The van der Waals surface area contributed by atoms with E-state index in [-0.39, 0.29) is 0 Å². The fraction of sp³-hybridized carbons (Fsp3) is 0.375. The maximum atomic E-state index is 8.21. The third-order valence-electron chi connectivity index (χ3n) is 1.32. The molecule has 0 unspecified atom stereocenters. The molecule has 0 saturated carbocycles. The van der Waals surface area contributed by atoms with E-state index in [2.05, 4.69) is 11.4 Å². The second kappa shape index (κ2) is 4.53. The molecule has 1 N–H and O–H groups in total. The maximum Gasteiger partial charge on any atom is 0.0947 e. The first-order valence-corrected chi connectivity index (χ1v) is 3.52. The lowest BCUT2D eigenvalue weighted by Crippen LogP contribution is -2.13.